The van der Waals surface area contributed by atoms with Crippen molar-refractivity contribution < 1.29 is 19.1 Å². The summed E-state index contributed by atoms with van der Waals surface area (Å²) in [5.74, 6) is 0.407. The van der Waals surface area contributed by atoms with Gasteiger partial charge < -0.3 is 30.3 Å². The van der Waals surface area contributed by atoms with Crippen molar-refractivity contribution in [3.05, 3.63) is 93.8 Å². The molecule has 6 rings (SSSR count). The maximum Gasteiger partial charge on any atom is 0.411 e. The van der Waals surface area contributed by atoms with Crippen molar-refractivity contribution in [2.75, 3.05) is 5.32 Å². The number of rotatable bonds is 9. The topological polar surface area (TPSA) is 174 Å². The van der Waals surface area contributed by atoms with Crippen LogP contribution < -0.4 is 21.6 Å². The van der Waals surface area contributed by atoms with E-state index in [2.05, 4.69) is 63.8 Å². The number of nitrogens with zero attached hydrogens (tertiary/aromatic N) is 1. The summed E-state index contributed by atoms with van der Waals surface area (Å²) in [4.78, 5) is 64.9. The van der Waals surface area contributed by atoms with E-state index >= 15 is 0 Å². The zero-order chi connectivity index (χ0) is 37.2. The van der Waals surface area contributed by atoms with Crippen LogP contribution in [-0.2, 0) is 20.7 Å². The van der Waals surface area contributed by atoms with E-state index in [9.17, 15) is 19.2 Å². The van der Waals surface area contributed by atoms with E-state index in [1.54, 1.807) is 45.2 Å². The Bertz CT molecular complexity index is 2190. The minimum atomic E-state index is -0.860. The van der Waals surface area contributed by atoms with Crippen LogP contribution in [0, 0.1) is 12.8 Å². The van der Waals surface area contributed by atoms with Crippen LogP contribution in [-0.4, -0.2) is 49.5 Å². The van der Waals surface area contributed by atoms with Gasteiger partial charge in [-0.1, -0.05) is 43.7 Å². The number of fused-ring (bicyclic) bond motifs is 2. The average Bonchev–Trinajstić information content (AvgIpc) is 3.68. The molecule has 272 valence electrons. The molecule has 2 aromatic heterocycles. The third-order valence-corrected chi connectivity index (χ3v) is 9.31. The number of hydrogen-bond donors (Lipinski definition) is 6. The van der Waals surface area contributed by atoms with Gasteiger partial charge in [0.2, 0.25) is 11.8 Å². The van der Waals surface area contributed by atoms with Crippen LogP contribution >= 0.6 is 0 Å². The Morgan fingerprint density at radius 3 is 2.35 bits per heavy atom. The number of nitrogens with one attached hydrogen (secondary N) is 6. The molecule has 6 N–H and O–H groups in total. The SMILES string of the molecule is Cc1cc2[nH]c(C(C)C)nc2cc1-c1ccc(CC(NC(=O)C2CCC(=CNC(=O)OC(C)(C)C)CC2)C(=O)Nc2ccc3[nH]c(=O)[nH]c3c2)cc1. The number of aromatic amines is 3. The Balaban J connectivity index is 1.16. The molecule has 0 spiro atoms. The predicted octanol–water partition coefficient (Wildman–Crippen LogP) is 7.10. The van der Waals surface area contributed by atoms with Crippen LogP contribution in [0.4, 0.5) is 10.5 Å². The first-order valence-corrected chi connectivity index (χ1v) is 17.8. The summed E-state index contributed by atoms with van der Waals surface area (Å²) in [6.45, 7) is 11.7. The third kappa shape index (κ3) is 8.79. The van der Waals surface area contributed by atoms with E-state index < -0.39 is 17.7 Å². The second-order valence-corrected chi connectivity index (χ2v) is 15.0. The Labute approximate surface area is 302 Å². The minimum absolute atomic E-state index is 0.190. The lowest BCUT2D eigenvalue weighted by Crippen LogP contribution is -2.47. The molecule has 1 unspecified atom stereocenters. The van der Waals surface area contributed by atoms with E-state index in [1.807, 2.05) is 24.3 Å². The molecule has 0 radical (unpaired) electrons. The molecule has 1 aliphatic rings. The Kier molecular flexibility index (Phi) is 10.4. The normalized spacial score (nSPS) is 15.4. The molecule has 1 fully saturated rings. The van der Waals surface area contributed by atoms with Gasteiger partial charge in [0.1, 0.15) is 17.5 Å². The second kappa shape index (κ2) is 14.9. The van der Waals surface area contributed by atoms with Crippen LogP contribution in [0.2, 0.25) is 0 Å². The number of aromatic nitrogens is 4. The molecule has 12 heteroatoms. The Morgan fingerprint density at radius 2 is 1.65 bits per heavy atom. The molecular formula is C40H47N7O5. The van der Waals surface area contributed by atoms with Crippen molar-refractivity contribution >= 4 is 45.7 Å². The lowest BCUT2D eigenvalue weighted by atomic mass is 9.85. The lowest BCUT2D eigenvalue weighted by molar-refractivity contribution is -0.129. The molecule has 1 aliphatic carbocycles. The summed E-state index contributed by atoms with van der Waals surface area (Å²) in [6, 6.07) is 16.5. The van der Waals surface area contributed by atoms with Gasteiger partial charge in [-0.15, -0.1) is 0 Å². The number of carbonyl (C=O) groups excluding carboxylic acids is 3. The first-order valence-electron chi connectivity index (χ1n) is 17.8. The summed E-state index contributed by atoms with van der Waals surface area (Å²) in [6.07, 6.45) is 3.89. The number of anilines is 1. The molecular weight excluding hydrogens is 658 g/mol. The van der Waals surface area contributed by atoms with Crippen LogP contribution in [0.25, 0.3) is 33.2 Å². The molecule has 0 aliphatic heterocycles. The highest BCUT2D eigenvalue weighted by atomic mass is 16.6. The summed E-state index contributed by atoms with van der Waals surface area (Å²) in [5, 5.41) is 8.66. The van der Waals surface area contributed by atoms with Crippen molar-refractivity contribution in [3.63, 3.8) is 0 Å². The monoisotopic (exact) mass is 705 g/mol. The number of alkyl carbamates (subject to hydrolysis) is 1. The minimum Gasteiger partial charge on any atom is -0.444 e. The summed E-state index contributed by atoms with van der Waals surface area (Å²) in [5.41, 5.74) is 7.83. The van der Waals surface area contributed by atoms with Gasteiger partial charge in [-0.3, -0.25) is 14.9 Å². The largest absolute Gasteiger partial charge is 0.444 e. The van der Waals surface area contributed by atoms with Crippen molar-refractivity contribution in [2.24, 2.45) is 5.92 Å². The molecule has 3 aromatic carbocycles. The fourth-order valence-corrected chi connectivity index (χ4v) is 6.53. The number of ether oxygens (including phenoxy) is 1. The van der Waals surface area contributed by atoms with Crippen LogP contribution in [0.1, 0.15) is 83.2 Å². The van der Waals surface area contributed by atoms with Crippen LogP contribution in [0.3, 0.4) is 0 Å². The van der Waals surface area contributed by atoms with Gasteiger partial charge in [0.15, 0.2) is 0 Å². The van der Waals surface area contributed by atoms with Crippen LogP contribution in [0.15, 0.2) is 71.2 Å². The van der Waals surface area contributed by atoms with Crippen molar-refractivity contribution in [1.29, 1.82) is 0 Å². The molecule has 3 amide bonds. The lowest BCUT2D eigenvalue weighted by Gasteiger charge is -2.26. The predicted molar refractivity (Wildman–Crippen MR) is 203 cm³/mol. The molecule has 1 saturated carbocycles. The van der Waals surface area contributed by atoms with Crippen molar-refractivity contribution in [1.82, 2.24) is 30.6 Å². The Hall–Kier alpha value is -5.65. The first-order chi connectivity index (χ1) is 24.7. The van der Waals surface area contributed by atoms with Gasteiger partial charge in [0, 0.05) is 30.1 Å². The summed E-state index contributed by atoms with van der Waals surface area (Å²) >= 11 is 0. The van der Waals surface area contributed by atoms with Crippen molar-refractivity contribution in [2.45, 2.75) is 91.2 Å². The second-order valence-electron chi connectivity index (χ2n) is 15.0. The van der Waals surface area contributed by atoms with E-state index in [4.69, 9.17) is 9.72 Å². The van der Waals surface area contributed by atoms with E-state index in [1.165, 1.54) is 0 Å². The standard InChI is InChI=1S/C40H47N7O5/c1-22(2)35-43-31-17-23(3)29(20-33(31)44-35)26-11-7-24(8-12-26)18-34(37(49)42-28-15-16-30-32(19-28)47-38(50)46-30)45-36(48)27-13-9-25(10-14-27)21-41-39(51)52-40(4,5)6/h7-8,11-12,15-17,19-22,27,34H,9-10,13-14,18H2,1-6H3,(H,41,51)(H,42,49)(H,43,44)(H,45,48)(H2,46,47,50). The van der Waals surface area contributed by atoms with Gasteiger partial charge in [-0.2, -0.15) is 0 Å². The number of benzene rings is 3. The number of allylic oxidation sites excluding steroid dienone is 1. The fourth-order valence-electron chi connectivity index (χ4n) is 6.53. The van der Waals surface area contributed by atoms with E-state index in [-0.39, 0.29) is 29.8 Å². The maximum absolute atomic E-state index is 13.8. The van der Waals surface area contributed by atoms with Gasteiger partial charge in [0.05, 0.1) is 22.1 Å². The number of hydrogen-bond acceptors (Lipinski definition) is 6. The van der Waals surface area contributed by atoms with E-state index in [0.717, 1.165) is 44.7 Å². The van der Waals surface area contributed by atoms with Gasteiger partial charge in [0.25, 0.3) is 0 Å². The van der Waals surface area contributed by atoms with E-state index in [0.29, 0.717) is 48.3 Å². The Morgan fingerprint density at radius 1 is 0.942 bits per heavy atom. The highest BCUT2D eigenvalue weighted by molar-refractivity contribution is 5.99. The maximum atomic E-state index is 13.8. The smallest absolute Gasteiger partial charge is 0.411 e. The highest BCUT2D eigenvalue weighted by Crippen LogP contribution is 2.30. The molecule has 5 aromatic rings. The molecule has 12 nitrogen and oxygen atoms in total. The molecule has 2 heterocycles. The van der Waals surface area contributed by atoms with Crippen LogP contribution in [0.5, 0.6) is 0 Å². The summed E-state index contributed by atoms with van der Waals surface area (Å²) in [7, 11) is 0. The number of carbonyl (C=O) groups is 3. The molecule has 52 heavy (non-hydrogen) atoms. The average molecular weight is 706 g/mol. The number of H-pyrrole nitrogens is 3. The molecule has 0 bridgehead atoms. The summed E-state index contributed by atoms with van der Waals surface area (Å²) < 4.78 is 5.31. The third-order valence-electron chi connectivity index (χ3n) is 9.31. The quantitative estimate of drug-likeness (QED) is 0.0955. The molecule has 1 atom stereocenters. The van der Waals surface area contributed by atoms with Crippen molar-refractivity contribution in [3.8, 4) is 11.1 Å². The fraction of sp³-hybridized carbons (Fsp3) is 0.375. The number of amides is 3. The zero-order valence-corrected chi connectivity index (χ0v) is 30.5. The number of imidazole rings is 2. The van der Waals surface area contributed by atoms with Gasteiger partial charge in [-0.25, -0.2) is 14.6 Å². The number of aryl methyl sites for hydroxylation is 1. The van der Waals surface area contributed by atoms with Gasteiger partial charge >= 0.3 is 11.8 Å². The first kappa shape index (κ1) is 36.2. The van der Waals surface area contributed by atoms with Gasteiger partial charge in [-0.05, 0) is 106 Å². The molecule has 0 saturated heterocycles. The highest BCUT2D eigenvalue weighted by Gasteiger charge is 2.29. The zero-order valence-electron chi connectivity index (χ0n) is 30.5.